The van der Waals surface area contributed by atoms with Crippen molar-refractivity contribution in [3.8, 4) is 5.75 Å². The van der Waals surface area contributed by atoms with Crippen molar-refractivity contribution in [1.82, 2.24) is 0 Å². The van der Waals surface area contributed by atoms with Gasteiger partial charge in [-0.1, -0.05) is 24.3 Å². The molecule has 0 heterocycles. The van der Waals surface area contributed by atoms with Gasteiger partial charge in [0.25, 0.3) is 0 Å². The van der Waals surface area contributed by atoms with E-state index in [9.17, 15) is 9.90 Å². The van der Waals surface area contributed by atoms with Gasteiger partial charge in [0.05, 0.1) is 6.42 Å². The molecule has 0 aromatic heterocycles. The van der Waals surface area contributed by atoms with Crippen molar-refractivity contribution in [3.63, 3.8) is 0 Å². The number of esters is 1. The van der Waals surface area contributed by atoms with E-state index in [0.717, 1.165) is 15.7 Å². The van der Waals surface area contributed by atoms with E-state index in [1.165, 1.54) is 0 Å². The van der Waals surface area contributed by atoms with E-state index in [2.05, 4.69) is 0 Å². The Kier molecular flexibility index (Phi) is 4.78. The first-order valence-corrected chi connectivity index (χ1v) is 7.91. The van der Waals surface area contributed by atoms with E-state index < -0.39 is 5.60 Å². The molecule has 0 amide bonds. The summed E-state index contributed by atoms with van der Waals surface area (Å²) in [7, 11) is 0. The molecule has 2 aromatic rings. The van der Waals surface area contributed by atoms with E-state index >= 15 is 0 Å². The lowest BCUT2D eigenvalue weighted by molar-refractivity contribution is -0.154. The number of hydrogen-bond acceptors (Lipinski definition) is 4. The zero-order valence-corrected chi connectivity index (χ0v) is 13.4. The Bertz CT molecular complexity index is 644. The number of benzene rings is 2. The predicted molar refractivity (Wildman–Crippen MR) is 86.8 cm³/mol. The summed E-state index contributed by atoms with van der Waals surface area (Å²) < 4.78 is 5.29. The van der Waals surface area contributed by atoms with Crippen LogP contribution in [0.5, 0.6) is 5.75 Å². The third kappa shape index (κ3) is 4.39. The minimum Gasteiger partial charge on any atom is -0.507 e. The summed E-state index contributed by atoms with van der Waals surface area (Å²) in [6, 6.07) is 11.3. The highest BCUT2D eigenvalue weighted by Gasteiger charge is 2.16. The van der Waals surface area contributed by atoms with Crippen LogP contribution in [0, 0.1) is 0 Å². The van der Waals surface area contributed by atoms with Gasteiger partial charge in [0.2, 0.25) is 0 Å². The second-order valence-corrected chi connectivity index (χ2v) is 6.95. The molecule has 0 bridgehead atoms. The SMILES string of the molecule is CC(C)(C)OC(=O)CCSc1ccc(O)c2ccccc12. The molecule has 4 heteroatoms. The van der Waals surface area contributed by atoms with Crippen LogP contribution in [0.3, 0.4) is 0 Å². The van der Waals surface area contributed by atoms with Gasteiger partial charge in [-0.2, -0.15) is 0 Å². The van der Waals surface area contributed by atoms with Gasteiger partial charge in [-0.3, -0.25) is 4.79 Å². The molecular weight excluding hydrogens is 284 g/mol. The number of phenolic OH excluding ortho intramolecular Hbond substituents is 1. The highest BCUT2D eigenvalue weighted by molar-refractivity contribution is 7.99. The number of thioether (sulfide) groups is 1. The van der Waals surface area contributed by atoms with Crippen LogP contribution < -0.4 is 0 Å². The zero-order valence-electron chi connectivity index (χ0n) is 12.6. The number of hydrogen-bond donors (Lipinski definition) is 1. The average molecular weight is 304 g/mol. The molecule has 0 fully saturated rings. The van der Waals surface area contributed by atoms with Crippen molar-refractivity contribution >= 4 is 28.5 Å². The number of phenols is 1. The number of fused-ring (bicyclic) bond motifs is 1. The van der Waals surface area contributed by atoms with Gasteiger partial charge in [-0.15, -0.1) is 11.8 Å². The Morgan fingerprint density at radius 1 is 1.14 bits per heavy atom. The molecule has 0 spiro atoms. The monoisotopic (exact) mass is 304 g/mol. The molecule has 0 unspecified atom stereocenters. The largest absolute Gasteiger partial charge is 0.507 e. The Hall–Kier alpha value is -1.68. The maximum atomic E-state index is 11.7. The number of carbonyl (C=O) groups excluding carboxylic acids is 1. The molecule has 0 aliphatic heterocycles. The summed E-state index contributed by atoms with van der Waals surface area (Å²) in [5, 5.41) is 11.7. The van der Waals surface area contributed by atoms with E-state index in [1.54, 1.807) is 17.8 Å². The summed E-state index contributed by atoms with van der Waals surface area (Å²) >= 11 is 1.60. The van der Waals surface area contributed by atoms with Crippen LogP contribution in [0.4, 0.5) is 0 Å². The van der Waals surface area contributed by atoms with E-state index in [-0.39, 0.29) is 11.7 Å². The molecular formula is C17H20O3S. The van der Waals surface area contributed by atoms with Crippen molar-refractivity contribution in [3.05, 3.63) is 36.4 Å². The van der Waals surface area contributed by atoms with Gasteiger partial charge in [0, 0.05) is 16.0 Å². The standard InChI is InChI=1S/C17H20O3S/c1-17(2,3)20-16(19)10-11-21-15-9-8-14(18)12-6-4-5-7-13(12)15/h4-9,18H,10-11H2,1-3H3. The molecule has 0 aliphatic carbocycles. The number of ether oxygens (including phenoxy) is 1. The van der Waals surface area contributed by atoms with Gasteiger partial charge >= 0.3 is 5.97 Å². The first-order chi connectivity index (χ1) is 9.87. The van der Waals surface area contributed by atoms with Crippen molar-refractivity contribution in [2.75, 3.05) is 5.75 Å². The molecule has 2 rings (SSSR count). The van der Waals surface area contributed by atoms with Crippen LogP contribution in [-0.4, -0.2) is 22.4 Å². The van der Waals surface area contributed by atoms with Crippen LogP contribution in [0.15, 0.2) is 41.3 Å². The Labute approximate surface area is 129 Å². The second-order valence-electron chi connectivity index (χ2n) is 5.81. The van der Waals surface area contributed by atoms with Crippen LogP contribution >= 0.6 is 11.8 Å². The third-order valence-corrected chi connectivity index (χ3v) is 3.92. The fourth-order valence-corrected chi connectivity index (χ4v) is 3.00. The topological polar surface area (TPSA) is 46.5 Å². The molecule has 0 atom stereocenters. The minimum absolute atomic E-state index is 0.182. The number of aromatic hydroxyl groups is 1. The van der Waals surface area contributed by atoms with Gasteiger partial charge < -0.3 is 9.84 Å². The van der Waals surface area contributed by atoms with Crippen LogP contribution in [0.25, 0.3) is 10.8 Å². The molecule has 0 radical (unpaired) electrons. The molecule has 0 aliphatic rings. The zero-order chi connectivity index (χ0) is 15.5. The summed E-state index contributed by atoms with van der Waals surface area (Å²) in [5.74, 6) is 0.754. The van der Waals surface area contributed by atoms with E-state index in [4.69, 9.17) is 4.74 Å². The molecule has 0 saturated carbocycles. The van der Waals surface area contributed by atoms with Gasteiger partial charge in [-0.05, 0) is 38.3 Å². The van der Waals surface area contributed by atoms with Crippen LogP contribution in [-0.2, 0) is 9.53 Å². The van der Waals surface area contributed by atoms with Crippen LogP contribution in [0.2, 0.25) is 0 Å². The molecule has 0 saturated heterocycles. The molecule has 3 nitrogen and oxygen atoms in total. The lowest BCUT2D eigenvalue weighted by Crippen LogP contribution is -2.23. The summed E-state index contributed by atoms with van der Waals surface area (Å²) in [6.45, 7) is 5.60. The fraction of sp³-hybridized carbons (Fsp3) is 0.353. The molecule has 112 valence electrons. The fourth-order valence-electron chi connectivity index (χ4n) is 2.02. The summed E-state index contributed by atoms with van der Waals surface area (Å²) in [5.41, 5.74) is -0.438. The summed E-state index contributed by atoms with van der Waals surface area (Å²) in [6.07, 6.45) is 0.372. The van der Waals surface area contributed by atoms with Gasteiger partial charge in [0.15, 0.2) is 0 Å². The normalized spacial score (nSPS) is 11.6. The van der Waals surface area contributed by atoms with E-state index in [1.807, 2.05) is 51.1 Å². The number of carbonyl (C=O) groups is 1. The predicted octanol–water partition coefficient (Wildman–Crippen LogP) is 4.37. The van der Waals surface area contributed by atoms with Crippen molar-refractivity contribution in [2.45, 2.75) is 37.7 Å². The summed E-state index contributed by atoms with van der Waals surface area (Å²) in [4.78, 5) is 12.8. The molecule has 21 heavy (non-hydrogen) atoms. The van der Waals surface area contributed by atoms with Crippen molar-refractivity contribution < 1.29 is 14.6 Å². The Morgan fingerprint density at radius 3 is 2.48 bits per heavy atom. The van der Waals surface area contributed by atoms with Crippen molar-refractivity contribution in [1.29, 1.82) is 0 Å². The lowest BCUT2D eigenvalue weighted by Gasteiger charge is -2.19. The lowest BCUT2D eigenvalue weighted by atomic mass is 10.1. The highest BCUT2D eigenvalue weighted by atomic mass is 32.2. The minimum atomic E-state index is -0.438. The van der Waals surface area contributed by atoms with Crippen molar-refractivity contribution in [2.24, 2.45) is 0 Å². The maximum Gasteiger partial charge on any atom is 0.307 e. The van der Waals surface area contributed by atoms with Crippen LogP contribution in [0.1, 0.15) is 27.2 Å². The molecule has 1 N–H and O–H groups in total. The molecule has 2 aromatic carbocycles. The first-order valence-electron chi connectivity index (χ1n) is 6.92. The van der Waals surface area contributed by atoms with Gasteiger partial charge in [-0.25, -0.2) is 0 Å². The Morgan fingerprint density at radius 2 is 1.81 bits per heavy atom. The maximum absolute atomic E-state index is 11.7. The first kappa shape index (κ1) is 15.7. The number of rotatable bonds is 4. The van der Waals surface area contributed by atoms with E-state index in [0.29, 0.717) is 12.2 Å². The third-order valence-electron chi connectivity index (χ3n) is 2.84. The second kappa shape index (κ2) is 6.39. The van der Waals surface area contributed by atoms with Gasteiger partial charge in [0.1, 0.15) is 11.4 Å². The quantitative estimate of drug-likeness (QED) is 0.673. The average Bonchev–Trinajstić information content (AvgIpc) is 2.40. The highest BCUT2D eigenvalue weighted by Crippen LogP contribution is 2.33. The smallest absolute Gasteiger partial charge is 0.307 e. The Balaban J connectivity index is 2.02.